The van der Waals surface area contributed by atoms with E-state index in [-0.39, 0.29) is 5.38 Å². The minimum absolute atomic E-state index is 0.231. The van der Waals surface area contributed by atoms with Gasteiger partial charge in [0.2, 0.25) is 10.0 Å². The molecule has 1 rings (SSSR count). The summed E-state index contributed by atoms with van der Waals surface area (Å²) in [6, 6.07) is 0. The van der Waals surface area contributed by atoms with E-state index in [2.05, 4.69) is 0 Å². The van der Waals surface area contributed by atoms with Gasteiger partial charge in [-0.3, -0.25) is 0 Å². The van der Waals surface area contributed by atoms with E-state index in [4.69, 9.17) is 11.6 Å². The first kappa shape index (κ1) is 14.3. The van der Waals surface area contributed by atoms with Crippen molar-refractivity contribution in [1.29, 1.82) is 0 Å². The van der Waals surface area contributed by atoms with Gasteiger partial charge in [-0.15, -0.1) is 11.6 Å². The van der Waals surface area contributed by atoms with Crippen LogP contribution < -0.4 is 0 Å². The Morgan fingerprint density at radius 3 is 2.75 bits per heavy atom. The molecule has 2 atom stereocenters. The van der Waals surface area contributed by atoms with Crippen LogP contribution in [0.4, 0.5) is 0 Å². The minimum atomic E-state index is -2.99. The third-order valence-electron chi connectivity index (χ3n) is 3.17. The highest BCUT2D eigenvalue weighted by Gasteiger charge is 2.25. The summed E-state index contributed by atoms with van der Waals surface area (Å²) in [4.78, 5) is 0. The molecule has 1 aliphatic heterocycles. The quantitative estimate of drug-likeness (QED) is 0.718. The molecular formula is C11H22ClNO2S. The fourth-order valence-corrected chi connectivity index (χ4v) is 3.35. The van der Waals surface area contributed by atoms with Crippen LogP contribution >= 0.6 is 11.6 Å². The number of sulfonamides is 1. The molecule has 5 heteroatoms. The summed E-state index contributed by atoms with van der Waals surface area (Å²) in [5, 5.41) is 0.231. The van der Waals surface area contributed by atoms with Crippen molar-refractivity contribution >= 4 is 21.6 Å². The largest absolute Gasteiger partial charge is 0.213 e. The highest BCUT2D eigenvalue weighted by atomic mass is 35.5. The van der Waals surface area contributed by atoms with Crippen LogP contribution in [0.15, 0.2) is 0 Å². The SMILES string of the molecule is CC(Cl)CCCC1CCCN(S(C)(=O)=O)C1. The van der Waals surface area contributed by atoms with E-state index in [9.17, 15) is 8.42 Å². The summed E-state index contributed by atoms with van der Waals surface area (Å²) >= 11 is 5.89. The second-order valence-electron chi connectivity index (χ2n) is 4.84. The van der Waals surface area contributed by atoms with Crippen molar-refractivity contribution in [1.82, 2.24) is 4.31 Å². The minimum Gasteiger partial charge on any atom is -0.213 e. The van der Waals surface area contributed by atoms with Gasteiger partial charge in [-0.1, -0.05) is 6.42 Å². The smallest absolute Gasteiger partial charge is 0.211 e. The molecule has 96 valence electrons. The van der Waals surface area contributed by atoms with E-state index in [1.54, 1.807) is 4.31 Å². The summed E-state index contributed by atoms with van der Waals surface area (Å²) in [5.41, 5.74) is 0. The zero-order valence-corrected chi connectivity index (χ0v) is 11.7. The Kier molecular flexibility index (Phi) is 5.54. The lowest BCUT2D eigenvalue weighted by Gasteiger charge is -2.31. The number of nitrogens with zero attached hydrogens (tertiary/aromatic N) is 1. The van der Waals surface area contributed by atoms with Crippen molar-refractivity contribution in [3.63, 3.8) is 0 Å². The molecule has 1 fully saturated rings. The number of alkyl halides is 1. The molecule has 0 bridgehead atoms. The van der Waals surface area contributed by atoms with Gasteiger partial charge < -0.3 is 0 Å². The first-order valence-electron chi connectivity index (χ1n) is 5.99. The number of hydrogen-bond acceptors (Lipinski definition) is 2. The molecule has 16 heavy (non-hydrogen) atoms. The molecular weight excluding hydrogens is 246 g/mol. The molecule has 1 heterocycles. The van der Waals surface area contributed by atoms with Gasteiger partial charge in [0.15, 0.2) is 0 Å². The van der Waals surface area contributed by atoms with Crippen molar-refractivity contribution in [2.24, 2.45) is 5.92 Å². The highest BCUT2D eigenvalue weighted by molar-refractivity contribution is 7.88. The molecule has 0 radical (unpaired) electrons. The first-order valence-corrected chi connectivity index (χ1v) is 8.27. The Morgan fingerprint density at radius 1 is 1.50 bits per heavy atom. The van der Waals surface area contributed by atoms with E-state index >= 15 is 0 Å². The predicted octanol–water partition coefficient (Wildman–Crippen LogP) is 2.46. The Morgan fingerprint density at radius 2 is 2.19 bits per heavy atom. The van der Waals surface area contributed by atoms with Crippen molar-refractivity contribution in [3.8, 4) is 0 Å². The maximum Gasteiger partial charge on any atom is 0.211 e. The summed E-state index contributed by atoms with van der Waals surface area (Å²) < 4.78 is 24.5. The van der Waals surface area contributed by atoms with E-state index in [0.29, 0.717) is 19.0 Å². The fraction of sp³-hybridized carbons (Fsp3) is 1.00. The van der Waals surface area contributed by atoms with Crippen LogP contribution in [-0.4, -0.2) is 37.4 Å². The zero-order chi connectivity index (χ0) is 12.2. The molecule has 0 amide bonds. The standard InChI is InChI=1S/C11H22ClNO2S/c1-10(12)5-3-6-11-7-4-8-13(9-11)16(2,14)15/h10-11H,3-9H2,1-2H3. The van der Waals surface area contributed by atoms with Crippen LogP contribution in [0, 0.1) is 5.92 Å². The molecule has 3 nitrogen and oxygen atoms in total. The Bertz CT molecular complexity index is 303. The number of piperidine rings is 1. The van der Waals surface area contributed by atoms with Gasteiger partial charge in [0, 0.05) is 18.5 Å². The molecule has 2 unspecified atom stereocenters. The van der Waals surface area contributed by atoms with Gasteiger partial charge in [0.1, 0.15) is 0 Å². The third-order valence-corrected chi connectivity index (χ3v) is 4.65. The summed E-state index contributed by atoms with van der Waals surface area (Å²) in [6.45, 7) is 3.40. The van der Waals surface area contributed by atoms with Crippen LogP contribution in [0.1, 0.15) is 39.0 Å². The van der Waals surface area contributed by atoms with Crippen LogP contribution in [0.5, 0.6) is 0 Å². The van der Waals surface area contributed by atoms with Gasteiger partial charge in [0.25, 0.3) is 0 Å². The summed E-state index contributed by atoms with van der Waals surface area (Å²) in [6.07, 6.45) is 6.68. The van der Waals surface area contributed by atoms with Crippen LogP contribution in [0.3, 0.4) is 0 Å². The van der Waals surface area contributed by atoms with E-state index < -0.39 is 10.0 Å². The molecule has 0 aromatic carbocycles. The molecule has 1 aliphatic rings. The predicted molar refractivity (Wildman–Crippen MR) is 68.3 cm³/mol. The number of halogens is 1. The maximum absolute atomic E-state index is 11.4. The van der Waals surface area contributed by atoms with Gasteiger partial charge in [-0.25, -0.2) is 12.7 Å². The van der Waals surface area contributed by atoms with Crippen molar-refractivity contribution in [2.45, 2.75) is 44.4 Å². The van der Waals surface area contributed by atoms with Crippen LogP contribution in [0.25, 0.3) is 0 Å². The van der Waals surface area contributed by atoms with Crippen molar-refractivity contribution in [2.75, 3.05) is 19.3 Å². The molecule has 0 spiro atoms. The fourth-order valence-electron chi connectivity index (χ4n) is 2.25. The maximum atomic E-state index is 11.4. The summed E-state index contributed by atoms with van der Waals surface area (Å²) in [7, 11) is -2.99. The molecule has 0 aromatic heterocycles. The van der Waals surface area contributed by atoms with E-state index in [1.807, 2.05) is 6.92 Å². The topological polar surface area (TPSA) is 37.4 Å². The van der Waals surface area contributed by atoms with E-state index in [0.717, 1.165) is 32.1 Å². The molecule has 0 saturated carbocycles. The zero-order valence-electron chi connectivity index (χ0n) is 10.2. The van der Waals surface area contributed by atoms with Crippen LogP contribution in [-0.2, 0) is 10.0 Å². The van der Waals surface area contributed by atoms with Gasteiger partial charge in [-0.2, -0.15) is 0 Å². The van der Waals surface area contributed by atoms with Gasteiger partial charge in [0.05, 0.1) is 6.26 Å². The van der Waals surface area contributed by atoms with Crippen molar-refractivity contribution in [3.05, 3.63) is 0 Å². The monoisotopic (exact) mass is 267 g/mol. The lowest BCUT2D eigenvalue weighted by Crippen LogP contribution is -2.39. The summed E-state index contributed by atoms with van der Waals surface area (Å²) in [5.74, 6) is 0.527. The Balaban J connectivity index is 2.34. The molecule has 1 saturated heterocycles. The second kappa shape index (κ2) is 6.22. The Hall–Kier alpha value is 0.200. The normalized spacial score (nSPS) is 25.6. The average molecular weight is 268 g/mol. The van der Waals surface area contributed by atoms with Crippen molar-refractivity contribution < 1.29 is 8.42 Å². The highest BCUT2D eigenvalue weighted by Crippen LogP contribution is 2.23. The molecule has 0 aromatic rings. The third kappa shape index (κ3) is 5.02. The lowest BCUT2D eigenvalue weighted by atomic mass is 9.94. The number of rotatable bonds is 5. The Labute approximate surface area is 104 Å². The molecule has 0 N–H and O–H groups in total. The van der Waals surface area contributed by atoms with Crippen LogP contribution in [0.2, 0.25) is 0 Å². The average Bonchev–Trinajstić information content (AvgIpc) is 2.16. The number of hydrogen-bond donors (Lipinski definition) is 0. The molecule has 0 aliphatic carbocycles. The second-order valence-corrected chi connectivity index (χ2v) is 7.57. The lowest BCUT2D eigenvalue weighted by molar-refractivity contribution is 0.253. The van der Waals surface area contributed by atoms with Gasteiger partial charge in [-0.05, 0) is 38.5 Å². The first-order chi connectivity index (χ1) is 7.39. The van der Waals surface area contributed by atoms with E-state index in [1.165, 1.54) is 6.26 Å². The van der Waals surface area contributed by atoms with Gasteiger partial charge >= 0.3 is 0 Å².